The van der Waals surface area contributed by atoms with Crippen molar-refractivity contribution >= 4 is 28.6 Å². The predicted molar refractivity (Wildman–Crippen MR) is 75.8 cm³/mol. The van der Waals surface area contributed by atoms with Crippen LogP contribution in [0.15, 0.2) is 17.5 Å². The van der Waals surface area contributed by atoms with Crippen molar-refractivity contribution in [2.45, 2.75) is 26.2 Å². The van der Waals surface area contributed by atoms with Crippen molar-refractivity contribution in [3.63, 3.8) is 0 Å². The van der Waals surface area contributed by atoms with Crippen LogP contribution in [0, 0.1) is 0 Å². The van der Waals surface area contributed by atoms with E-state index in [0.29, 0.717) is 4.88 Å². The number of thiazole rings is 1. The number of carbonyl (C=O) groups excluding carboxylic acids is 1. The van der Waals surface area contributed by atoms with Gasteiger partial charge in [0.2, 0.25) is 0 Å². The minimum Gasteiger partial charge on any atom is -0.289 e. The van der Waals surface area contributed by atoms with E-state index in [4.69, 9.17) is 5.84 Å². The number of nitrogens with one attached hydrogen (secondary N) is 1. The van der Waals surface area contributed by atoms with Crippen LogP contribution in [0.1, 0.15) is 36.1 Å². The summed E-state index contributed by atoms with van der Waals surface area (Å²) in [5, 5.41) is 2.87. The van der Waals surface area contributed by atoms with Crippen molar-refractivity contribution in [2.24, 2.45) is 5.84 Å². The van der Waals surface area contributed by atoms with Crippen LogP contribution in [0.3, 0.4) is 0 Å². The first-order chi connectivity index (χ1) is 8.43. The summed E-state index contributed by atoms with van der Waals surface area (Å²) < 4.78 is 0. The second-order valence-corrected chi connectivity index (χ2v) is 6.84. The minimum absolute atomic E-state index is 0.187. The largest absolute Gasteiger partial charge is 0.289 e. The molecule has 6 heteroatoms. The number of carbonyl (C=O) groups is 1. The normalized spacial score (nSPS) is 11.6. The molecular formula is C12H15N3OS2. The Balaban J connectivity index is 2.54. The van der Waals surface area contributed by atoms with Crippen LogP contribution in [-0.4, -0.2) is 10.9 Å². The monoisotopic (exact) mass is 281 g/mol. The van der Waals surface area contributed by atoms with E-state index in [2.05, 4.69) is 10.4 Å². The van der Waals surface area contributed by atoms with Gasteiger partial charge in [-0.15, -0.1) is 22.7 Å². The zero-order valence-corrected chi connectivity index (χ0v) is 12.1. The van der Waals surface area contributed by atoms with Crippen molar-refractivity contribution in [3.05, 3.63) is 28.1 Å². The second kappa shape index (κ2) is 4.79. The molecule has 2 aromatic rings. The summed E-state index contributed by atoms with van der Waals surface area (Å²) in [5.41, 5.74) is 2.79. The minimum atomic E-state index is -0.278. The fraction of sp³-hybridized carbons (Fsp3) is 0.333. The molecule has 0 bridgehead atoms. The third kappa shape index (κ3) is 2.45. The van der Waals surface area contributed by atoms with Crippen LogP contribution < -0.4 is 11.3 Å². The van der Waals surface area contributed by atoms with Gasteiger partial charge in [-0.2, -0.15) is 0 Å². The highest BCUT2D eigenvalue weighted by Crippen LogP contribution is 2.35. The van der Waals surface area contributed by atoms with E-state index in [0.717, 1.165) is 15.6 Å². The third-order valence-corrected chi connectivity index (χ3v) is 4.50. The summed E-state index contributed by atoms with van der Waals surface area (Å²) in [4.78, 5) is 18.1. The van der Waals surface area contributed by atoms with Gasteiger partial charge in [0, 0.05) is 5.41 Å². The molecule has 2 heterocycles. The quantitative estimate of drug-likeness (QED) is 0.505. The highest BCUT2D eigenvalue weighted by atomic mass is 32.1. The van der Waals surface area contributed by atoms with Gasteiger partial charge in [-0.25, -0.2) is 10.8 Å². The molecule has 0 atom stereocenters. The lowest BCUT2D eigenvalue weighted by Gasteiger charge is -2.16. The number of nitrogens with zero attached hydrogens (tertiary/aromatic N) is 1. The van der Waals surface area contributed by atoms with Crippen molar-refractivity contribution in [2.75, 3.05) is 0 Å². The Hall–Kier alpha value is -1.24. The van der Waals surface area contributed by atoms with Crippen molar-refractivity contribution in [1.82, 2.24) is 10.4 Å². The number of aromatic nitrogens is 1. The van der Waals surface area contributed by atoms with Gasteiger partial charge in [-0.3, -0.25) is 10.2 Å². The molecule has 2 aromatic heterocycles. The highest BCUT2D eigenvalue weighted by molar-refractivity contribution is 7.22. The van der Waals surface area contributed by atoms with Crippen molar-refractivity contribution in [1.29, 1.82) is 0 Å². The van der Waals surface area contributed by atoms with E-state index >= 15 is 0 Å². The summed E-state index contributed by atoms with van der Waals surface area (Å²) in [6.07, 6.45) is 0. The molecule has 0 aromatic carbocycles. The number of hydrogen-bond acceptors (Lipinski definition) is 5. The number of hydrogen-bond donors (Lipinski definition) is 2. The number of rotatable bonds is 2. The maximum atomic E-state index is 11.8. The van der Waals surface area contributed by atoms with E-state index in [1.54, 1.807) is 11.3 Å². The van der Waals surface area contributed by atoms with E-state index in [1.165, 1.54) is 11.3 Å². The first kappa shape index (κ1) is 13.2. The standard InChI is InChI=1S/C12H15N3OS2/c1-12(2,3)9-8(10(16)15-13)18-11(14-9)7-5-4-6-17-7/h4-6H,13H2,1-3H3,(H,15,16). The SMILES string of the molecule is CC(C)(C)c1nc(-c2cccs2)sc1C(=O)NN. The lowest BCUT2D eigenvalue weighted by atomic mass is 9.91. The van der Waals surface area contributed by atoms with Gasteiger partial charge in [-0.05, 0) is 11.4 Å². The van der Waals surface area contributed by atoms with Crippen LogP contribution in [0.4, 0.5) is 0 Å². The van der Waals surface area contributed by atoms with Crippen LogP contribution >= 0.6 is 22.7 Å². The summed E-state index contributed by atoms with van der Waals surface area (Å²) >= 11 is 3.00. The molecule has 4 nitrogen and oxygen atoms in total. The summed E-state index contributed by atoms with van der Waals surface area (Å²) in [7, 11) is 0. The summed E-state index contributed by atoms with van der Waals surface area (Å²) in [5.74, 6) is 4.95. The van der Waals surface area contributed by atoms with Gasteiger partial charge >= 0.3 is 0 Å². The number of amides is 1. The van der Waals surface area contributed by atoms with Crippen LogP contribution in [0.5, 0.6) is 0 Å². The number of nitrogen functional groups attached to an aromatic ring is 1. The molecule has 0 aliphatic rings. The van der Waals surface area contributed by atoms with Crippen molar-refractivity contribution in [3.8, 4) is 9.88 Å². The predicted octanol–water partition coefficient (Wildman–Crippen LogP) is 2.77. The average molecular weight is 281 g/mol. The Labute approximate surface area is 114 Å². The van der Waals surface area contributed by atoms with Crippen LogP contribution in [0.25, 0.3) is 9.88 Å². The van der Waals surface area contributed by atoms with Gasteiger partial charge in [0.1, 0.15) is 9.88 Å². The Morgan fingerprint density at radius 3 is 2.67 bits per heavy atom. The third-order valence-electron chi connectivity index (χ3n) is 2.41. The van der Waals surface area contributed by atoms with Crippen molar-refractivity contribution < 1.29 is 4.79 Å². The molecule has 3 N–H and O–H groups in total. The Morgan fingerprint density at radius 1 is 1.44 bits per heavy atom. The van der Waals surface area contributed by atoms with Gasteiger partial charge in [0.15, 0.2) is 0 Å². The van der Waals surface area contributed by atoms with E-state index in [9.17, 15) is 4.79 Å². The zero-order valence-electron chi connectivity index (χ0n) is 10.5. The smallest absolute Gasteiger partial charge is 0.277 e. The molecule has 0 fully saturated rings. The zero-order chi connectivity index (χ0) is 13.3. The topological polar surface area (TPSA) is 68.0 Å². The van der Waals surface area contributed by atoms with E-state index in [-0.39, 0.29) is 11.3 Å². The fourth-order valence-electron chi connectivity index (χ4n) is 1.55. The average Bonchev–Trinajstić information content (AvgIpc) is 2.94. The molecule has 96 valence electrons. The van der Waals surface area contributed by atoms with Crippen LogP contribution in [-0.2, 0) is 5.41 Å². The Morgan fingerprint density at radius 2 is 2.17 bits per heavy atom. The molecule has 1 amide bonds. The van der Waals surface area contributed by atoms with E-state index in [1.807, 2.05) is 38.3 Å². The number of hydrazine groups is 1. The molecule has 0 aliphatic carbocycles. The van der Waals surface area contributed by atoms with Gasteiger partial charge in [0.05, 0.1) is 10.6 Å². The molecule has 0 saturated carbocycles. The number of thiophene rings is 1. The maximum Gasteiger partial charge on any atom is 0.277 e. The first-order valence-corrected chi connectivity index (χ1v) is 7.19. The van der Waals surface area contributed by atoms with Crippen LogP contribution in [0.2, 0.25) is 0 Å². The second-order valence-electron chi connectivity index (χ2n) is 4.90. The Kier molecular flexibility index (Phi) is 3.52. The first-order valence-electron chi connectivity index (χ1n) is 5.49. The molecule has 0 aliphatic heterocycles. The van der Waals surface area contributed by atoms with Gasteiger partial charge < -0.3 is 0 Å². The number of nitrogens with two attached hydrogens (primary N) is 1. The molecular weight excluding hydrogens is 266 g/mol. The lowest BCUT2D eigenvalue weighted by Crippen LogP contribution is -2.31. The van der Waals surface area contributed by atoms with Gasteiger partial charge in [0.25, 0.3) is 5.91 Å². The highest BCUT2D eigenvalue weighted by Gasteiger charge is 2.27. The molecule has 0 unspecified atom stereocenters. The Bertz CT molecular complexity index is 552. The maximum absolute atomic E-state index is 11.8. The molecule has 0 spiro atoms. The molecule has 0 radical (unpaired) electrons. The summed E-state index contributed by atoms with van der Waals surface area (Å²) in [6.45, 7) is 6.11. The lowest BCUT2D eigenvalue weighted by molar-refractivity contribution is 0.0955. The molecule has 2 rings (SSSR count). The fourth-order valence-corrected chi connectivity index (χ4v) is 3.53. The summed E-state index contributed by atoms with van der Waals surface area (Å²) in [6, 6.07) is 3.97. The van der Waals surface area contributed by atoms with E-state index < -0.39 is 0 Å². The van der Waals surface area contributed by atoms with Gasteiger partial charge in [-0.1, -0.05) is 26.8 Å². The molecule has 0 saturated heterocycles. The molecule has 18 heavy (non-hydrogen) atoms.